The Morgan fingerprint density at radius 2 is 1.95 bits per heavy atom. The van der Waals surface area contributed by atoms with E-state index in [1.54, 1.807) is 12.3 Å². The van der Waals surface area contributed by atoms with Gasteiger partial charge in [-0.1, -0.05) is 23.2 Å². The third-order valence-corrected chi connectivity index (χ3v) is 4.05. The fourth-order valence-electron chi connectivity index (χ4n) is 1.52. The molecular formula is C10H4BrCl2N5S. The van der Waals surface area contributed by atoms with Crippen LogP contribution in [0, 0.1) is 0 Å². The number of halogens is 3. The molecule has 0 radical (unpaired) electrons. The van der Waals surface area contributed by atoms with Crippen LogP contribution in [0.3, 0.4) is 0 Å². The van der Waals surface area contributed by atoms with Gasteiger partial charge in [-0.15, -0.1) is 0 Å². The summed E-state index contributed by atoms with van der Waals surface area (Å²) in [5.74, 6) is 0.591. The summed E-state index contributed by atoms with van der Waals surface area (Å²) in [6.07, 6.45) is 3.07. The molecule has 0 aliphatic heterocycles. The van der Waals surface area contributed by atoms with Gasteiger partial charge in [0.1, 0.15) is 23.2 Å². The molecule has 0 fully saturated rings. The number of nitrogens with one attached hydrogen (secondary N) is 1. The fraction of sp³-hybridized carbons (Fsp3) is 0. The predicted octanol–water partition coefficient (Wildman–Crippen LogP) is 4.29. The maximum atomic E-state index is 6.20. The van der Waals surface area contributed by atoms with Crippen molar-refractivity contribution in [1.29, 1.82) is 0 Å². The first kappa shape index (κ1) is 13.0. The van der Waals surface area contributed by atoms with Crippen LogP contribution >= 0.6 is 50.9 Å². The third-order valence-electron chi connectivity index (χ3n) is 2.35. The molecule has 2 heterocycles. The molecule has 5 nitrogen and oxygen atoms in total. The highest BCUT2D eigenvalue weighted by Gasteiger charge is 2.15. The zero-order valence-electron chi connectivity index (χ0n) is 9.06. The summed E-state index contributed by atoms with van der Waals surface area (Å²) in [7, 11) is 0. The zero-order valence-corrected chi connectivity index (χ0v) is 13.0. The van der Waals surface area contributed by atoms with E-state index in [1.807, 2.05) is 0 Å². The molecule has 0 bridgehead atoms. The molecule has 96 valence electrons. The molecule has 1 N–H and O–H groups in total. The fourth-order valence-corrected chi connectivity index (χ4v) is 3.00. The average Bonchev–Trinajstić information content (AvgIpc) is 2.86. The second-order valence-corrected chi connectivity index (χ2v) is 5.72. The first-order valence-electron chi connectivity index (χ1n) is 4.99. The number of benzene rings is 1. The van der Waals surface area contributed by atoms with Crippen LogP contribution in [-0.4, -0.2) is 18.7 Å². The van der Waals surface area contributed by atoms with Crippen molar-refractivity contribution in [3.8, 4) is 0 Å². The van der Waals surface area contributed by atoms with Gasteiger partial charge < -0.3 is 5.32 Å². The number of rotatable bonds is 2. The molecule has 2 aromatic heterocycles. The summed E-state index contributed by atoms with van der Waals surface area (Å²) in [5, 5.41) is 4.04. The van der Waals surface area contributed by atoms with Crippen LogP contribution in [0.25, 0.3) is 11.0 Å². The Morgan fingerprint density at radius 1 is 1.16 bits per heavy atom. The highest BCUT2D eigenvalue weighted by Crippen LogP contribution is 2.37. The lowest BCUT2D eigenvalue weighted by molar-refractivity contribution is 1.15. The maximum Gasteiger partial charge on any atom is 0.148 e. The normalized spacial score (nSPS) is 10.9. The van der Waals surface area contributed by atoms with Gasteiger partial charge in [0.2, 0.25) is 0 Å². The van der Waals surface area contributed by atoms with Crippen molar-refractivity contribution in [1.82, 2.24) is 18.7 Å². The first-order chi connectivity index (χ1) is 9.16. The maximum absolute atomic E-state index is 6.20. The molecule has 19 heavy (non-hydrogen) atoms. The van der Waals surface area contributed by atoms with Gasteiger partial charge in [-0.3, -0.25) is 0 Å². The number of hydrogen-bond donors (Lipinski definition) is 1. The minimum atomic E-state index is 0.454. The minimum absolute atomic E-state index is 0.454. The van der Waals surface area contributed by atoms with Crippen molar-refractivity contribution in [3.05, 3.63) is 33.1 Å². The lowest BCUT2D eigenvalue weighted by Gasteiger charge is -2.09. The van der Waals surface area contributed by atoms with E-state index in [4.69, 9.17) is 23.2 Å². The second-order valence-electron chi connectivity index (χ2n) is 3.52. The van der Waals surface area contributed by atoms with Gasteiger partial charge in [0, 0.05) is 6.20 Å². The SMILES string of the molecule is Clc1cc(Cl)c2nsnc2c1Nc1ncncc1Br. The number of nitrogens with zero attached hydrogens (tertiary/aromatic N) is 4. The molecule has 3 rings (SSSR count). The van der Waals surface area contributed by atoms with Crippen molar-refractivity contribution in [2.24, 2.45) is 0 Å². The smallest absolute Gasteiger partial charge is 0.148 e. The first-order valence-corrected chi connectivity index (χ1v) is 7.27. The van der Waals surface area contributed by atoms with Crippen LogP contribution in [0.2, 0.25) is 10.0 Å². The van der Waals surface area contributed by atoms with Gasteiger partial charge in [0.05, 0.1) is 31.9 Å². The molecule has 0 spiro atoms. The topological polar surface area (TPSA) is 63.6 Å². The highest BCUT2D eigenvalue weighted by molar-refractivity contribution is 9.10. The monoisotopic (exact) mass is 375 g/mol. The number of hydrogen-bond acceptors (Lipinski definition) is 6. The molecule has 0 amide bonds. The van der Waals surface area contributed by atoms with E-state index >= 15 is 0 Å². The largest absolute Gasteiger partial charge is 0.336 e. The van der Waals surface area contributed by atoms with Gasteiger partial charge in [0.25, 0.3) is 0 Å². The number of fused-ring (bicyclic) bond motifs is 1. The third kappa shape index (κ3) is 2.38. The second kappa shape index (κ2) is 5.16. The summed E-state index contributed by atoms with van der Waals surface area (Å²) in [4.78, 5) is 8.02. The van der Waals surface area contributed by atoms with Crippen molar-refractivity contribution in [2.45, 2.75) is 0 Å². The van der Waals surface area contributed by atoms with Crippen LogP contribution in [0.5, 0.6) is 0 Å². The van der Waals surface area contributed by atoms with Crippen molar-refractivity contribution in [2.75, 3.05) is 5.32 Å². The van der Waals surface area contributed by atoms with E-state index in [2.05, 4.69) is 40.0 Å². The lowest BCUT2D eigenvalue weighted by atomic mass is 10.2. The molecule has 3 aromatic rings. The van der Waals surface area contributed by atoms with Gasteiger partial charge in [-0.25, -0.2) is 9.97 Å². The van der Waals surface area contributed by atoms with Crippen molar-refractivity contribution >= 4 is 73.4 Å². The van der Waals surface area contributed by atoms with Gasteiger partial charge in [0.15, 0.2) is 0 Å². The van der Waals surface area contributed by atoms with E-state index in [0.717, 1.165) is 16.2 Å². The van der Waals surface area contributed by atoms with E-state index in [0.29, 0.717) is 32.6 Å². The molecule has 1 aromatic carbocycles. The van der Waals surface area contributed by atoms with Crippen molar-refractivity contribution in [3.63, 3.8) is 0 Å². The molecule has 0 saturated heterocycles. The van der Waals surface area contributed by atoms with Crippen LogP contribution in [-0.2, 0) is 0 Å². The molecule has 0 atom stereocenters. The molecule has 0 aliphatic rings. The minimum Gasteiger partial charge on any atom is -0.336 e. The van der Waals surface area contributed by atoms with Gasteiger partial charge in [-0.05, 0) is 22.0 Å². The standard InChI is InChI=1S/C10H4BrCl2N5S/c11-4-2-14-3-15-10(4)16-7-5(12)1-6(13)8-9(7)18-19-17-8/h1-3H,(H,14,15,16). The highest BCUT2D eigenvalue weighted by atomic mass is 79.9. The van der Waals surface area contributed by atoms with Crippen LogP contribution in [0.4, 0.5) is 11.5 Å². The predicted molar refractivity (Wildman–Crippen MR) is 80.4 cm³/mol. The Hall–Kier alpha value is -1.02. The Kier molecular flexibility index (Phi) is 3.53. The summed E-state index contributed by atoms with van der Waals surface area (Å²) in [6.45, 7) is 0. The Morgan fingerprint density at radius 3 is 2.74 bits per heavy atom. The summed E-state index contributed by atoms with van der Waals surface area (Å²) >= 11 is 16.7. The summed E-state index contributed by atoms with van der Waals surface area (Å²) in [5.41, 5.74) is 1.85. The Labute approximate surface area is 130 Å². The Bertz CT molecular complexity index is 763. The number of anilines is 2. The molecule has 9 heteroatoms. The van der Waals surface area contributed by atoms with E-state index in [1.165, 1.54) is 6.33 Å². The molecule has 0 aliphatic carbocycles. The van der Waals surface area contributed by atoms with E-state index in [9.17, 15) is 0 Å². The lowest BCUT2D eigenvalue weighted by Crippen LogP contribution is -1.97. The van der Waals surface area contributed by atoms with Crippen LogP contribution in [0.1, 0.15) is 0 Å². The van der Waals surface area contributed by atoms with E-state index < -0.39 is 0 Å². The van der Waals surface area contributed by atoms with Crippen LogP contribution in [0.15, 0.2) is 23.1 Å². The van der Waals surface area contributed by atoms with Crippen LogP contribution < -0.4 is 5.32 Å². The summed E-state index contributed by atoms with van der Waals surface area (Å²) in [6, 6.07) is 1.63. The zero-order chi connectivity index (χ0) is 13.4. The quantitative estimate of drug-likeness (QED) is 0.722. The average molecular weight is 377 g/mol. The number of aromatic nitrogens is 4. The molecular weight excluding hydrogens is 373 g/mol. The van der Waals surface area contributed by atoms with Gasteiger partial charge in [-0.2, -0.15) is 8.75 Å². The Balaban J connectivity index is 2.16. The molecule has 0 saturated carbocycles. The van der Waals surface area contributed by atoms with E-state index in [-0.39, 0.29) is 0 Å². The van der Waals surface area contributed by atoms with Crippen molar-refractivity contribution < 1.29 is 0 Å². The summed E-state index contributed by atoms with van der Waals surface area (Å²) < 4.78 is 9.07. The molecule has 0 unspecified atom stereocenters. The van der Waals surface area contributed by atoms with Gasteiger partial charge >= 0.3 is 0 Å².